The minimum atomic E-state index is -2.96. The van der Waals surface area contributed by atoms with Gasteiger partial charge in [-0.3, -0.25) is 0 Å². The molecular weight excluding hydrogens is 334 g/mol. The molecule has 0 atom stereocenters. The lowest BCUT2D eigenvalue weighted by Crippen LogP contribution is -2.10. The number of carbonyl (C=O) groups excluding carboxylic acids is 1. The molecule has 2 aromatic rings. The molecule has 8 heteroatoms. The first-order valence-electron chi connectivity index (χ1n) is 7.45. The minimum absolute atomic E-state index is 0.0932. The van der Waals surface area contributed by atoms with Crippen LogP contribution in [0.3, 0.4) is 0 Å². The number of nitrogens with zero attached hydrogens (tertiary/aromatic N) is 2. The Morgan fingerprint density at radius 2 is 2.12 bits per heavy atom. The highest BCUT2D eigenvalue weighted by atomic mass is 19.3. The van der Waals surface area contributed by atoms with Crippen molar-refractivity contribution in [2.45, 2.75) is 13.5 Å². The maximum atomic E-state index is 12.4. The third-order valence-electron chi connectivity index (χ3n) is 3.27. The SMILES string of the molecule is CCOC(=O)/C(=C/c1ccc(OC(F)F)c(OC)c1)c1nccn1C. The van der Waals surface area contributed by atoms with E-state index in [1.54, 1.807) is 37.0 Å². The fourth-order valence-corrected chi connectivity index (χ4v) is 2.18. The highest BCUT2D eigenvalue weighted by Gasteiger charge is 2.18. The largest absolute Gasteiger partial charge is 0.493 e. The minimum Gasteiger partial charge on any atom is -0.493 e. The van der Waals surface area contributed by atoms with Gasteiger partial charge in [0, 0.05) is 19.4 Å². The molecule has 25 heavy (non-hydrogen) atoms. The van der Waals surface area contributed by atoms with E-state index in [1.165, 1.54) is 25.3 Å². The number of benzene rings is 1. The van der Waals surface area contributed by atoms with Gasteiger partial charge < -0.3 is 18.8 Å². The molecule has 0 unspecified atom stereocenters. The summed E-state index contributed by atoms with van der Waals surface area (Å²) in [6.07, 6.45) is 4.81. The Hall–Kier alpha value is -2.90. The molecule has 0 aliphatic rings. The molecule has 0 bridgehead atoms. The summed E-state index contributed by atoms with van der Waals surface area (Å²) in [4.78, 5) is 16.4. The summed E-state index contributed by atoms with van der Waals surface area (Å²) in [6, 6.07) is 4.36. The molecule has 0 aliphatic heterocycles. The van der Waals surface area contributed by atoms with Crippen molar-refractivity contribution in [2.24, 2.45) is 7.05 Å². The van der Waals surface area contributed by atoms with Crippen molar-refractivity contribution < 1.29 is 27.8 Å². The van der Waals surface area contributed by atoms with E-state index in [1.807, 2.05) is 0 Å². The third kappa shape index (κ3) is 4.56. The number of methoxy groups -OCH3 is 1. The van der Waals surface area contributed by atoms with E-state index in [-0.39, 0.29) is 23.7 Å². The van der Waals surface area contributed by atoms with Crippen molar-refractivity contribution >= 4 is 17.6 Å². The summed E-state index contributed by atoms with van der Waals surface area (Å²) in [7, 11) is 3.09. The van der Waals surface area contributed by atoms with Crippen LogP contribution in [0.15, 0.2) is 30.6 Å². The lowest BCUT2D eigenvalue weighted by Gasteiger charge is -2.11. The molecule has 1 aromatic carbocycles. The van der Waals surface area contributed by atoms with Crippen molar-refractivity contribution in [1.82, 2.24) is 9.55 Å². The van der Waals surface area contributed by atoms with Crippen molar-refractivity contribution in [1.29, 1.82) is 0 Å². The molecule has 6 nitrogen and oxygen atoms in total. The first-order valence-corrected chi connectivity index (χ1v) is 7.45. The van der Waals surface area contributed by atoms with Gasteiger partial charge in [-0.2, -0.15) is 8.78 Å². The molecule has 0 spiro atoms. The lowest BCUT2D eigenvalue weighted by atomic mass is 10.1. The van der Waals surface area contributed by atoms with Crippen molar-refractivity contribution in [3.63, 3.8) is 0 Å². The topological polar surface area (TPSA) is 62.6 Å². The van der Waals surface area contributed by atoms with Crippen LogP contribution in [0.1, 0.15) is 18.3 Å². The number of alkyl halides is 2. The van der Waals surface area contributed by atoms with Crippen LogP contribution in [0.4, 0.5) is 8.78 Å². The number of hydrogen-bond donors (Lipinski definition) is 0. The number of aromatic nitrogens is 2. The molecule has 2 rings (SSSR count). The van der Waals surface area contributed by atoms with Gasteiger partial charge in [0.25, 0.3) is 0 Å². The number of hydrogen-bond acceptors (Lipinski definition) is 5. The van der Waals surface area contributed by atoms with Gasteiger partial charge in [-0.15, -0.1) is 0 Å². The monoisotopic (exact) mass is 352 g/mol. The highest BCUT2D eigenvalue weighted by Crippen LogP contribution is 2.31. The number of esters is 1. The smallest absolute Gasteiger partial charge is 0.387 e. The Kier molecular flexibility index (Phi) is 6.10. The Labute approximate surface area is 143 Å². The van der Waals surface area contributed by atoms with Crippen LogP contribution in [0.5, 0.6) is 11.5 Å². The predicted octanol–water partition coefficient (Wildman–Crippen LogP) is 3.13. The van der Waals surface area contributed by atoms with E-state index >= 15 is 0 Å². The molecule has 1 aromatic heterocycles. The van der Waals surface area contributed by atoms with Crippen LogP contribution >= 0.6 is 0 Å². The summed E-state index contributed by atoms with van der Waals surface area (Å²) in [6.45, 7) is -1.05. The Morgan fingerprint density at radius 1 is 1.36 bits per heavy atom. The van der Waals surface area contributed by atoms with Crippen LogP contribution in [0.2, 0.25) is 0 Å². The fourth-order valence-electron chi connectivity index (χ4n) is 2.18. The summed E-state index contributed by atoms with van der Waals surface area (Å²) in [5.41, 5.74) is 0.781. The average Bonchev–Trinajstić information content (AvgIpc) is 2.99. The zero-order valence-corrected chi connectivity index (χ0v) is 14.0. The van der Waals surface area contributed by atoms with Gasteiger partial charge in [-0.1, -0.05) is 6.07 Å². The summed E-state index contributed by atoms with van der Waals surface area (Å²) >= 11 is 0. The molecule has 0 fully saturated rings. The molecule has 1 heterocycles. The number of rotatable bonds is 7. The van der Waals surface area contributed by atoms with Crippen LogP contribution < -0.4 is 9.47 Å². The second-order valence-corrected chi connectivity index (χ2v) is 4.93. The van der Waals surface area contributed by atoms with E-state index in [4.69, 9.17) is 9.47 Å². The quantitative estimate of drug-likeness (QED) is 0.566. The summed E-state index contributed by atoms with van der Waals surface area (Å²) in [5, 5.41) is 0. The Bertz CT molecular complexity index is 772. The second kappa shape index (κ2) is 8.27. The van der Waals surface area contributed by atoms with E-state index in [9.17, 15) is 13.6 Å². The second-order valence-electron chi connectivity index (χ2n) is 4.93. The van der Waals surface area contributed by atoms with Gasteiger partial charge in [0.15, 0.2) is 11.5 Å². The Morgan fingerprint density at radius 3 is 2.68 bits per heavy atom. The number of aryl methyl sites for hydroxylation is 1. The number of halogens is 2. The van der Waals surface area contributed by atoms with Gasteiger partial charge in [0.1, 0.15) is 11.4 Å². The van der Waals surface area contributed by atoms with Gasteiger partial charge in [0.05, 0.1) is 13.7 Å². The van der Waals surface area contributed by atoms with Crippen LogP contribution in [0, 0.1) is 0 Å². The van der Waals surface area contributed by atoms with Crippen LogP contribution in [0.25, 0.3) is 11.6 Å². The van der Waals surface area contributed by atoms with Gasteiger partial charge in [-0.05, 0) is 30.7 Å². The molecule has 0 radical (unpaired) electrons. The van der Waals surface area contributed by atoms with E-state index < -0.39 is 12.6 Å². The van der Waals surface area contributed by atoms with Gasteiger partial charge in [-0.25, -0.2) is 9.78 Å². The van der Waals surface area contributed by atoms with Gasteiger partial charge >= 0.3 is 12.6 Å². The first-order chi connectivity index (χ1) is 12.0. The van der Waals surface area contributed by atoms with Crippen LogP contribution in [-0.2, 0) is 16.6 Å². The molecule has 134 valence electrons. The zero-order valence-electron chi connectivity index (χ0n) is 14.0. The Balaban J connectivity index is 2.45. The fraction of sp³-hybridized carbons (Fsp3) is 0.294. The average molecular weight is 352 g/mol. The normalized spacial score (nSPS) is 11.5. The predicted molar refractivity (Wildman–Crippen MR) is 87.3 cm³/mol. The first kappa shape index (κ1) is 18.4. The summed E-state index contributed by atoms with van der Waals surface area (Å²) < 4.78 is 41.0. The van der Waals surface area contributed by atoms with Crippen molar-refractivity contribution in [3.05, 3.63) is 42.0 Å². The standard InChI is InChI=1S/C17H18F2N2O4/c1-4-24-16(22)12(15-20-7-8-21(15)2)9-11-5-6-13(25-17(18)19)14(10-11)23-3/h5-10,17H,4H2,1-3H3/b12-9+. The molecule has 0 aliphatic carbocycles. The zero-order chi connectivity index (χ0) is 18.4. The van der Waals surface area contributed by atoms with Gasteiger partial charge in [0.2, 0.25) is 0 Å². The molecular formula is C17H18F2N2O4. The summed E-state index contributed by atoms with van der Waals surface area (Å²) in [5.74, 6) is -0.0876. The highest BCUT2D eigenvalue weighted by molar-refractivity contribution is 6.20. The molecule has 0 N–H and O–H groups in total. The third-order valence-corrected chi connectivity index (χ3v) is 3.27. The number of ether oxygens (including phenoxy) is 3. The maximum absolute atomic E-state index is 12.4. The number of imidazole rings is 1. The van der Waals surface area contributed by atoms with Crippen molar-refractivity contribution in [3.8, 4) is 11.5 Å². The molecule has 0 saturated heterocycles. The van der Waals surface area contributed by atoms with E-state index in [2.05, 4.69) is 9.72 Å². The molecule has 0 amide bonds. The van der Waals surface area contributed by atoms with Crippen LogP contribution in [-0.4, -0.2) is 35.8 Å². The lowest BCUT2D eigenvalue weighted by molar-refractivity contribution is -0.136. The van der Waals surface area contributed by atoms with E-state index in [0.29, 0.717) is 11.4 Å². The van der Waals surface area contributed by atoms with Crippen molar-refractivity contribution in [2.75, 3.05) is 13.7 Å². The maximum Gasteiger partial charge on any atom is 0.387 e. The number of carbonyl (C=O) groups is 1. The van der Waals surface area contributed by atoms with E-state index in [0.717, 1.165) is 0 Å². The molecule has 0 saturated carbocycles.